The van der Waals surface area contributed by atoms with E-state index in [1.165, 1.54) is 51.7 Å². The van der Waals surface area contributed by atoms with E-state index in [9.17, 15) is 13.2 Å². The van der Waals surface area contributed by atoms with Crippen molar-refractivity contribution in [3.05, 3.63) is 35.9 Å². The van der Waals surface area contributed by atoms with Crippen LogP contribution in [-0.4, -0.2) is 40.6 Å². The number of anilines is 1. The maximum Gasteiger partial charge on any atom is 0.257 e. The molecule has 1 amide bonds. The van der Waals surface area contributed by atoms with E-state index < -0.39 is 15.9 Å². The molecule has 1 heterocycles. The third kappa shape index (κ3) is 3.86. The molecule has 1 aromatic heterocycles. The number of fused-ring (bicyclic) bond motifs is 1. The van der Waals surface area contributed by atoms with Crippen LogP contribution in [0.1, 0.15) is 10.4 Å². The maximum absolute atomic E-state index is 12.6. The summed E-state index contributed by atoms with van der Waals surface area (Å²) in [5.74, 6) is 0.616. The zero-order chi connectivity index (χ0) is 20.5. The van der Waals surface area contributed by atoms with Gasteiger partial charge in [0.1, 0.15) is 0 Å². The van der Waals surface area contributed by atoms with Crippen molar-refractivity contribution in [2.45, 2.75) is 4.90 Å². The summed E-state index contributed by atoms with van der Waals surface area (Å²) >= 11 is 1.13. The number of methoxy groups -OCH3 is 3. The van der Waals surface area contributed by atoms with Gasteiger partial charge in [0, 0.05) is 5.56 Å². The van der Waals surface area contributed by atoms with Crippen molar-refractivity contribution in [3.63, 3.8) is 0 Å². The van der Waals surface area contributed by atoms with Crippen molar-refractivity contribution in [2.24, 2.45) is 5.14 Å². The third-order valence-corrected chi connectivity index (χ3v) is 5.68. The van der Waals surface area contributed by atoms with Gasteiger partial charge in [-0.3, -0.25) is 10.1 Å². The van der Waals surface area contributed by atoms with E-state index >= 15 is 0 Å². The second-order valence-electron chi connectivity index (χ2n) is 5.56. The molecule has 148 valence electrons. The minimum atomic E-state index is -3.82. The summed E-state index contributed by atoms with van der Waals surface area (Å²) in [6.07, 6.45) is 0. The lowest BCUT2D eigenvalue weighted by atomic mass is 10.1. The number of carbonyl (C=O) groups excluding carboxylic acids is 1. The number of hydrogen-bond donors (Lipinski definition) is 2. The Balaban J connectivity index is 1.92. The lowest BCUT2D eigenvalue weighted by molar-refractivity contribution is 0.102. The second-order valence-corrected chi connectivity index (χ2v) is 8.15. The Hall–Kier alpha value is -2.89. The first-order valence-corrected chi connectivity index (χ1v) is 10.2. The molecule has 3 N–H and O–H groups in total. The van der Waals surface area contributed by atoms with Crippen molar-refractivity contribution in [1.29, 1.82) is 0 Å². The molecular weight excluding hydrogens is 406 g/mol. The summed E-state index contributed by atoms with van der Waals surface area (Å²) in [5.41, 5.74) is 0.816. The number of nitrogens with two attached hydrogens (primary N) is 1. The molecule has 3 aromatic rings. The quantitative estimate of drug-likeness (QED) is 0.622. The van der Waals surface area contributed by atoms with Gasteiger partial charge in [0.25, 0.3) is 5.91 Å². The zero-order valence-electron chi connectivity index (χ0n) is 15.2. The van der Waals surface area contributed by atoms with Crippen LogP contribution in [0.2, 0.25) is 0 Å². The molecule has 0 aliphatic heterocycles. The van der Waals surface area contributed by atoms with Crippen molar-refractivity contribution >= 4 is 42.6 Å². The van der Waals surface area contributed by atoms with Crippen LogP contribution in [0.25, 0.3) is 10.2 Å². The molecule has 0 spiro atoms. The lowest BCUT2D eigenvalue weighted by Crippen LogP contribution is -2.12. The Bertz CT molecular complexity index is 1130. The van der Waals surface area contributed by atoms with E-state index in [0.717, 1.165) is 11.3 Å². The van der Waals surface area contributed by atoms with Gasteiger partial charge in [-0.2, -0.15) is 0 Å². The van der Waals surface area contributed by atoms with Gasteiger partial charge in [-0.1, -0.05) is 11.3 Å². The number of sulfonamides is 1. The summed E-state index contributed by atoms with van der Waals surface area (Å²) in [6.45, 7) is 0. The lowest BCUT2D eigenvalue weighted by Gasteiger charge is -2.13. The average molecular weight is 423 g/mol. The molecule has 0 fully saturated rings. The van der Waals surface area contributed by atoms with Gasteiger partial charge in [-0.15, -0.1) is 0 Å². The predicted molar refractivity (Wildman–Crippen MR) is 105 cm³/mol. The fourth-order valence-electron chi connectivity index (χ4n) is 2.52. The monoisotopic (exact) mass is 423 g/mol. The summed E-state index contributed by atoms with van der Waals surface area (Å²) in [4.78, 5) is 16.9. The summed E-state index contributed by atoms with van der Waals surface area (Å²) in [6, 6.07) is 7.34. The molecule has 9 nitrogen and oxygen atoms in total. The van der Waals surface area contributed by atoms with Gasteiger partial charge >= 0.3 is 0 Å². The third-order valence-electron chi connectivity index (χ3n) is 3.84. The van der Waals surface area contributed by atoms with Crippen LogP contribution in [0.3, 0.4) is 0 Å². The van der Waals surface area contributed by atoms with E-state index in [4.69, 9.17) is 19.3 Å². The number of nitrogens with zero attached hydrogens (tertiary/aromatic N) is 1. The van der Waals surface area contributed by atoms with Crippen LogP contribution >= 0.6 is 11.3 Å². The van der Waals surface area contributed by atoms with Gasteiger partial charge < -0.3 is 14.2 Å². The van der Waals surface area contributed by atoms with E-state index in [-0.39, 0.29) is 10.5 Å². The molecule has 3 rings (SSSR count). The normalized spacial score (nSPS) is 11.3. The summed E-state index contributed by atoms with van der Waals surface area (Å²) in [7, 11) is 0.556. The minimum absolute atomic E-state index is 0.0221. The van der Waals surface area contributed by atoms with Crippen molar-refractivity contribution in [2.75, 3.05) is 26.6 Å². The summed E-state index contributed by atoms with van der Waals surface area (Å²) < 4.78 is 39.3. The largest absolute Gasteiger partial charge is 0.493 e. The Kier molecular flexibility index (Phi) is 5.40. The first-order chi connectivity index (χ1) is 13.3. The number of aromatic nitrogens is 1. The number of carbonyl (C=O) groups is 1. The maximum atomic E-state index is 12.6. The molecule has 0 atom stereocenters. The van der Waals surface area contributed by atoms with Crippen LogP contribution < -0.4 is 24.7 Å². The molecule has 0 unspecified atom stereocenters. The van der Waals surface area contributed by atoms with Crippen LogP contribution in [0, 0.1) is 0 Å². The van der Waals surface area contributed by atoms with E-state index in [1.807, 2.05) is 0 Å². The van der Waals surface area contributed by atoms with Crippen molar-refractivity contribution in [3.8, 4) is 17.2 Å². The minimum Gasteiger partial charge on any atom is -0.493 e. The fourth-order valence-corrected chi connectivity index (χ4v) is 4.03. The number of nitrogens with one attached hydrogen (secondary N) is 1. The molecule has 0 saturated carbocycles. The molecule has 11 heteroatoms. The highest BCUT2D eigenvalue weighted by Gasteiger charge is 2.18. The molecule has 0 radical (unpaired) electrons. The van der Waals surface area contributed by atoms with Crippen LogP contribution in [0.4, 0.5) is 5.13 Å². The van der Waals surface area contributed by atoms with Crippen LogP contribution in [0.5, 0.6) is 17.2 Å². The number of rotatable bonds is 6. The number of ether oxygens (including phenoxy) is 3. The smallest absolute Gasteiger partial charge is 0.257 e. The van der Waals surface area contributed by atoms with Gasteiger partial charge in [-0.05, 0) is 30.3 Å². The van der Waals surface area contributed by atoms with Gasteiger partial charge in [-0.25, -0.2) is 18.5 Å². The number of benzene rings is 2. The number of hydrogen-bond acceptors (Lipinski definition) is 8. The molecule has 0 aliphatic rings. The standard InChI is InChI=1S/C17H17N3O6S2/c1-24-12-6-9(7-13(25-2)15(12)26-3)16(21)20-17-19-11-5-4-10(28(18,22)23)8-14(11)27-17/h4-8H,1-3H3,(H2,18,22,23)(H,19,20,21). The van der Waals surface area contributed by atoms with Crippen LogP contribution in [0.15, 0.2) is 35.2 Å². The Morgan fingerprint density at radius 2 is 1.71 bits per heavy atom. The predicted octanol–water partition coefficient (Wildman–Crippen LogP) is 2.22. The highest BCUT2D eigenvalue weighted by atomic mass is 32.2. The molecule has 0 saturated heterocycles. The highest BCUT2D eigenvalue weighted by molar-refractivity contribution is 7.89. The van der Waals surface area contributed by atoms with Gasteiger partial charge in [0.2, 0.25) is 15.8 Å². The highest BCUT2D eigenvalue weighted by Crippen LogP contribution is 2.38. The molecular formula is C17H17N3O6S2. The fraction of sp³-hybridized carbons (Fsp3) is 0.176. The topological polar surface area (TPSA) is 130 Å². The van der Waals surface area contributed by atoms with Crippen LogP contribution in [-0.2, 0) is 10.0 Å². The first-order valence-electron chi connectivity index (χ1n) is 7.81. The Morgan fingerprint density at radius 3 is 2.25 bits per heavy atom. The van der Waals surface area contributed by atoms with E-state index in [1.54, 1.807) is 0 Å². The number of amides is 1. The number of thiazole rings is 1. The SMILES string of the molecule is COc1cc(C(=O)Nc2nc3ccc(S(N)(=O)=O)cc3s2)cc(OC)c1OC. The molecule has 28 heavy (non-hydrogen) atoms. The Labute approximate surface area is 165 Å². The molecule has 2 aromatic carbocycles. The zero-order valence-corrected chi connectivity index (χ0v) is 16.8. The average Bonchev–Trinajstić information content (AvgIpc) is 3.07. The van der Waals surface area contributed by atoms with Crippen molar-refractivity contribution in [1.82, 2.24) is 4.98 Å². The second kappa shape index (κ2) is 7.62. The van der Waals surface area contributed by atoms with Gasteiger partial charge in [0.15, 0.2) is 16.6 Å². The molecule has 0 bridgehead atoms. The van der Waals surface area contributed by atoms with E-state index in [0.29, 0.717) is 32.6 Å². The van der Waals surface area contributed by atoms with Crippen molar-refractivity contribution < 1.29 is 27.4 Å². The summed E-state index contributed by atoms with van der Waals surface area (Å²) in [5, 5.41) is 8.13. The van der Waals surface area contributed by atoms with E-state index in [2.05, 4.69) is 10.3 Å². The first kappa shape index (κ1) is 19.9. The number of primary sulfonamides is 1. The van der Waals surface area contributed by atoms with Gasteiger partial charge in [0.05, 0.1) is 36.4 Å². The molecule has 0 aliphatic carbocycles. The Morgan fingerprint density at radius 1 is 1.07 bits per heavy atom.